The quantitative estimate of drug-likeness (QED) is 0.883. The highest BCUT2D eigenvalue weighted by molar-refractivity contribution is 7.09. The topological polar surface area (TPSA) is 24.9 Å². The fourth-order valence-corrected chi connectivity index (χ4v) is 2.57. The Hall–Kier alpha value is -1.19. The summed E-state index contributed by atoms with van der Waals surface area (Å²) in [7, 11) is 0. The summed E-state index contributed by atoms with van der Waals surface area (Å²) >= 11 is 1.75. The van der Waals surface area contributed by atoms with Gasteiger partial charge in [0.25, 0.3) is 0 Å². The largest absolute Gasteiger partial charge is 0.305 e. The normalized spacial score (nSPS) is 12.6. The van der Waals surface area contributed by atoms with Crippen LogP contribution in [0.2, 0.25) is 0 Å². The number of nitrogens with one attached hydrogen (secondary N) is 1. The molecule has 1 aromatic carbocycles. The molecule has 0 aliphatic rings. The van der Waals surface area contributed by atoms with Crippen LogP contribution in [-0.2, 0) is 13.0 Å². The minimum Gasteiger partial charge on any atom is -0.305 e. The first kappa shape index (κ1) is 13.2. The third-order valence-electron chi connectivity index (χ3n) is 3.07. The number of aryl methyl sites for hydroxylation is 2. The van der Waals surface area contributed by atoms with Crippen molar-refractivity contribution in [3.8, 4) is 0 Å². The zero-order valence-electron chi connectivity index (χ0n) is 11.2. The highest BCUT2D eigenvalue weighted by atomic mass is 32.1. The van der Waals surface area contributed by atoms with E-state index in [0.717, 1.165) is 18.7 Å². The van der Waals surface area contributed by atoms with Crippen molar-refractivity contribution in [2.45, 2.75) is 39.8 Å². The number of benzene rings is 1. The van der Waals surface area contributed by atoms with Crippen molar-refractivity contribution in [1.29, 1.82) is 0 Å². The van der Waals surface area contributed by atoms with Crippen molar-refractivity contribution >= 4 is 11.3 Å². The van der Waals surface area contributed by atoms with Crippen LogP contribution < -0.4 is 5.32 Å². The number of rotatable bonds is 5. The molecule has 0 radical (unpaired) electrons. The van der Waals surface area contributed by atoms with Crippen LogP contribution in [0.4, 0.5) is 0 Å². The van der Waals surface area contributed by atoms with Crippen LogP contribution in [-0.4, -0.2) is 4.98 Å². The molecule has 1 aromatic heterocycles. The molecule has 0 spiro atoms. The zero-order valence-corrected chi connectivity index (χ0v) is 12.1. The first-order chi connectivity index (χ1) is 8.69. The van der Waals surface area contributed by atoms with Gasteiger partial charge in [-0.1, -0.05) is 36.8 Å². The lowest BCUT2D eigenvalue weighted by Gasteiger charge is -2.13. The van der Waals surface area contributed by atoms with Crippen molar-refractivity contribution in [1.82, 2.24) is 10.3 Å². The summed E-state index contributed by atoms with van der Waals surface area (Å²) in [5.74, 6) is 0. The molecule has 0 saturated carbocycles. The van der Waals surface area contributed by atoms with E-state index >= 15 is 0 Å². The molecule has 1 N–H and O–H groups in total. The van der Waals surface area contributed by atoms with E-state index in [2.05, 4.69) is 60.7 Å². The Morgan fingerprint density at radius 2 is 2.00 bits per heavy atom. The van der Waals surface area contributed by atoms with Gasteiger partial charge in [0.05, 0.1) is 10.7 Å². The van der Waals surface area contributed by atoms with Crippen LogP contribution in [0, 0.1) is 6.92 Å². The molecule has 3 heteroatoms. The van der Waals surface area contributed by atoms with Gasteiger partial charge in [0.2, 0.25) is 0 Å². The van der Waals surface area contributed by atoms with Crippen molar-refractivity contribution in [2.24, 2.45) is 0 Å². The molecule has 0 saturated heterocycles. The maximum atomic E-state index is 4.56. The molecule has 0 aliphatic heterocycles. The molecular formula is C15H20N2S. The summed E-state index contributed by atoms with van der Waals surface area (Å²) in [6, 6.07) is 9.05. The van der Waals surface area contributed by atoms with Crippen molar-refractivity contribution < 1.29 is 0 Å². The Morgan fingerprint density at radius 1 is 1.28 bits per heavy atom. The van der Waals surface area contributed by atoms with Crippen LogP contribution in [0.1, 0.15) is 41.7 Å². The van der Waals surface area contributed by atoms with E-state index in [-0.39, 0.29) is 0 Å². The SMILES string of the molecule is CCc1nc(CNC(C)c2ccc(C)cc2)cs1. The summed E-state index contributed by atoms with van der Waals surface area (Å²) in [5.41, 5.74) is 3.78. The molecule has 2 aromatic rings. The fourth-order valence-electron chi connectivity index (χ4n) is 1.82. The van der Waals surface area contributed by atoms with Gasteiger partial charge >= 0.3 is 0 Å². The van der Waals surface area contributed by atoms with Crippen molar-refractivity contribution in [3.05, 3.63) is 51.5 Å². The molecule has 0 bridgehead atoms. The summed E-state index contributed by atoms with van der Waals surface area (Å²) in [4.78, 5) is 4.56. The van der Waals surface area contributed by atoms with Gasteiger partial charge in [-0.2, -0.15) is 0 Å². The summed E-state index contributed by atoms with van der Waals surface area (Å²) in [6.45, 7) is 7.29. The lowest BCUT2D eigenvalue weighted by Crippen LogP contribution is -2.18. The molecule has 2 nitrogen and oxygen atoms in total. The van der Waals surface area contributed by atoms with Gasteiger partial charge in [0, 0.05) is 18.0 Å². The van der Waals surface area contributed by atoms with E-state index in [1.165, 1.54) is 16.1 Å². The van der Waals surface area contributed by atoms with Gasteiger partial charge in [-0.15, -0.1) is 11.3 Å². The first-order valence-corrected chi connectivity index (χ1v) is 7.30. The van der Waals surface area contributed by atoms with Gasteiger partial charge in [-0.25, -0.2) is 4.98 Å². The predicted octanol–water partition coefficient (Wildman–Crippen LogP) is 3.86. The van der Waals surface area contributed by atoms with Crippen LogP contribution >= 0.6 is 11.3 Å². The van der Waals surface area contributed by atoms with Crippen LogP contribution in [0.5, 0.6) is 0 Å². The maximum absolute atomic E-state index is 4.56. The van der Waals surface area contributed by atoms with Crippen LogP contribution in [0.25, 0.3) is 0 Å². The van der Waals surface area contributed by atoms with E-state index in [1.807, 2.05) is 0 Å². The van der Waals surface area contributed by atoms with E-state index in [0.29, 0.717) is 6.04 Å². The number of hydrogen-bond acceptors (Lipinski definition) is 3. The van der Waals surface area contributed by atoms with E-state index < -0.39 is 0 Å². The molecule has 0 amide bonds. The molecule has 18 heavy (non-hydrogen) atoms. The predicted molar refractivity (Wildman–Crippen MR) is 77.9 cm³/mol. The number of thiazole rings is 1. The Kier molecular flexibility index (Phi) is 4.50. The fraction of sp³-hybridized carbons (Fsp3) is 0.400. The summed E-state index contributed by atoms with van der Waals surface area (Å²) < 4.78 is 0. The lowest BCUT2D eigenvalue weighted by molar-refractivity contribution is 0.568. The van der Waals surface area contributed by atoms with E-state index in [9.17, 15) is 0 Å². The smallest absolute Gasteiger partial charge is 0.0926 e. The molecular weight excluding hydrogens is 240 g/mol. The van der Waals surface area contributed by atoms with Crippen LogP contribution in [0.15, 0.2) is 29.6 Å². The third-order valence-corrected chi connectivity index (χ3v) is 4.11. The average Bonchev–Trinajstić information content (AvgIpc) is 2.85. The summed E-state index contributed by atoms with van der Waals surface area (Å²) in [6.07, 6.45) is 1.03. The van der Waals surface area contributed by atoms with Gasteiger partial charge in [0.1, 0.15) is 0 Å². The Morgan fingerprint density at radius 3 is 2.61 bits per heavy atom. The number of hydrogen-bond donors (Lipinski definition) is 1. The van der Waals surface area contributed by atoms with Crippen LogP contribution in [0.3, 0.4) is 0 Å². The van der Waals surface area contributed by atoms with Gasteiger partial charge in [-0.3, -0.25) is 0 Å². The molecule has 0 fully saturated rings. The molecule has 0 aliphatic carbocycles. The maximum Gasteiger partial charge on any atom is 0.0926 e. The molecule has 1 unspecified atom stereocenters. The second-order valence-electron chi connectivity index (χ2n) is 4.60. The molecule has 1 heterocycles. The zero-order chi connectivity index (χ0) is 13.0. The van der Waals surface area contributed by atoms with Gasteiger partial charge < -0.3 is 5.32 Å². The van der Waals surface area contributed by atoms with Gasteiger partial charge in [-0.05, 0) is 25.8 Å². The first-order valence-electron chi connectivity index (χ1n) is 6.42. The Balaban J connectivity index is 1.91. The Bertz CT molecular complexity index is 487. The van der Waals surface area contributed by atoms with E-state index in [1.54, 1.807) is 11.3 Å². The summed E-state index contributed by atoms with van der Waals surface area (Å²) in [5, 5.41) is 6.88. The monoisotopic (exact) mass is 260 g/mol. The third kappa shape index (κ3) is 3.40. The minimum absolute atomic E-state index is 0.359. The second kappa shape index (κ2) is 6.12. The van der Waals surface area contributed by atoms with Crippen molar-refractivity contribution in [3.63, 3.8) is 0 Å². The van der Waals surface area contributed by atoms with Crippen molar-refractivity contribution in [2.75, 3.05) is 0 Å². The standard InChI is InChI=1S/C15H20N2S/c1-4-15-17-14(10-18-15)9-16-12(3)13-7-5-11(2)6-8-13/h5-8,10,12,16H,4,9H2,1-3H3. The highest BCUT2D eigenvalue weighted by Gasteiger charge is 2.06. The molecule has 2 rings (SSSR count). The molecule has 1 atom stereocenters. The van der Waals surface area contributed by atoms with E-state index in [4.69, 9.17) is 0 Å². The Labute approximate surface area is 113 Å². The minimum atomic E-state index is 0.359. The number of nitrogens with zero attached hydrogens (tertiary/aromatic N) is 1. The van der Waals surface area contributed by atoms with Gasteiger partial charge in [0.15, 0.2) is 0 Å². The second-order valence-corrected chi connectivity index (χ2v) is 5.54. The highest BCUT2D eigenvalue weighted by Crippen LogP contribution is 2.15. The number of aromatic nitrogens is 1. The molecule has 96 valence electrons. The lowest BCUT2D eigenvalue weighted by atomic mass is 10.1. The average molecular weight is 260 g/mol.